The molecule has 0 radical (unpaired) electrons. The summed E-state index contributed by atoms with van der Waals surface area (Å²) in [6, 6.07) is 9.85. The van der Waals surface area contributed by atoms with Crippen molar-refractivity contribution in [2.24, 2.45) is 0 Å². The normalized spacial score (nSPS) is 19.7. The molecule has 166 valence electrons. The highest BCUT2D eigenvalue weighted by Crippen LogP contribution is 2.22. The number of carbonyl (C=O) groups is 2. The van der Waals surface area contributed by atoms with Crippen LogP contribution in [0.1, 0.15) is 51.9 Å². The number of aryl methyl sites for hydroxylation is 1. The molecule has 6 nitrogen and oxygen atoms in total. The molecule has 1 atom stereocenters. The van der Waals surface area contributed by atoms with Gasteiger partial charge in [-0.1, -0.05) is 0 Å². The molecule has 2 aliphatic heterocycles. The number of Topliss-reactive ketones (excluding diaryl/α,β-unsaturated/α-hetero) is 2. The van der Waals surface area contributed by atoms with Crippen molar-refractivity contribution in [3.05, 3.63) is 52.8 Å². The van der Waals surface area contributed by atoms with E-state index in [2.05, 4.69) is 28.2 Å². The second-order valence-electron chi connectivity index (χ2n) is 8.82. The first-order valence-corrected chi connectivity index (χ1v) is 11.3. The number of ether oxygens (including phenoxy) is 1. The molecular formula is C25H33N3O3. The van der Waals surface area contributed by atoms with E-state index in [4.69, 9.17) is 4.74 Å². The van der Waals surface area contributed by atoms with E-state index < -0.39 is 0 Å². The smallest absolute Gasteiger partial charge is 0.178 e. The molecule has 0 amide bonds. The van der Waals surface area contributed by atoms with Crippen molar-refractivity contribution < 1.29 is 14.3 Å². The lowest BCUT2D eigenvalue weighted by molar-refractivity contribution is 0.0918. The van der Waals surface area contributed by atoms with Crippen LogP contribution in [0.2, 0.25) is 0 Å². The van der Waals surface area contributed by atoms with Gasteiger partial charge in [0.15, 0.2) is 11.6 Å². The Morgan fingerprint density at radius 1 is 1.06 bits per heavy atom. The van der Waals surface area contributed by atoms with Crippen LogP contribution < -0.4 is 4.90 Å². The van der Waals surface area contributed by atoms with Gasteiger partial charge >= 0.3 is 0 Å². The number of nitrogens with zero attached hydrogens (tertiary/aromatic N) is 3. The molecule has 6 heteroatoms. The number of hydrogen-bond donors (Lipinski definition) is 0. The van der Waals surface area contributed by atoms with Crippen LogP contribution in [-0.4, -0.2) is 66.5 Å². The summed E-state index contributed by atoms with van der Waals surface area (Å²) in [4.78, 5) is 29.1. The maximum atomic E-state index is 13.1. The summed E-state index contributed by atoms with van der Waals surface area (Å²) in [5.41, 5.74) is 4.91. The quantitative estimate of drug-likeness (QED) is 0.638. The van der Waals surface area contributed by atoms with Crippen molar-refractivity contribution in [2.45, 2.75) is 46.3 Å². The molecule has 0 saturated carbocycles. The number of carbonyl (C=O) groups excluding carboxylic acids is 2. The summed E-state index contributed by atoms with van der Waals surface area (Å²) < 4.78 is 8.03. The summed E-state index contributed by atoms with van der Waals surface area (Å²) in [6.07, 6.45) is 2.50. The van der Waals surface area contributed by atoms with Gasteiger partial charge in [0.2, 0.25) is 0 Å². The number of ketones is 2. The van der Waals surface area contributed by atoms with Crippen LogP contribution in [0.4, 0.5) is 5.69 Å². The molecule has 0 bridgehead atoms. The van der Waals surface area contributed by atoms with Gasteiger partial charge in [-0.2, -0.15) is 0 Å². The van der Waals surface area contributed by atoms with Crippen LogP contribution in [0.25, 0.3) is 0 Å². The van der Waals surface area contributed by atoms with Crippen LogP contribution in [0.5, 0.6) is 0 Å². The highest BCUT2D eigenvalue weighted by Gasteiger charge is 2.24. The van der Waals surface area contributed by atoms with Crippen LogP contribution in [-0.2, 0) is 11.3 Å². The van der Waals surface area contributed by atoms with Crippen LogP contribution in [0.15, 0.2) is 30.3 Å². The number of anilines is 1. The molecule has 0 unspecified atom stereocenters. The second-order valence-corrected chi connectivity index (χ2v) is 8.82. The average molecular weight is 424 g/mol. The fourth-order valence-electron chi connectivity index (χ4n) is 4.72. The van der Waals surface area contributed by atoms with Crippen molar-refractivity contribution in [1.29, 1.82) is 0 Å². The molecule has 1 aromatic heterocycles. The van der Waals surface area contributed by atoms with Crippen molar-refractivity contribution in [3.8, 4) is 0 Å². The zero-order valence-electron chi connectivity index (χ0n) is 18.9. The first-order valence-electron chi connectivity index (χ1n) is 11.3. The van der Waals surface area contributed by atoms with Gasteiger partial charge in [-0.05, 0) is 63.9 Å². The lowest BCUT2D eigenvalue weighted by Gasteiger charge is -2.35. The Bertz CT molecular complexity index is 934. The van der Waals surface area contributed by atoms with E-state index in [1.165, 1.54) is 0 Å². The lowest BCUT2D eigenvalue weighted by Crippen LogP contribution is -2.48. The van der Waals surface area contributed by atoms with Gasteiger partial charge < -0.3 is 14.2 Å². The Morgan fingerprint density at radius 3 is 2.39 bits per heavy atom. The number of rotatable bonds is 7. The van der Waals surface area contributed by atoms with E-state index in [-0.39, 0.29) is 17.7 Å². The molecule has 2 fully saturated rings. The van der Waals surface area contributed by atoms with Crippen molar-refractivity contribution in [3.63, 3.8) is 0 Å². The third kappa shape index (κ3) is 4.91. The summed E-state index contributed by atoms with van der Waals surface area (Å²) in [6.45, 7) is 11.3. The molecule has 4 rings (SSSR count). The molecular weight excluding hydrogens is 390 g/mol. The summed E-state index contributed by atoms with van der Waals surface area (Å²) in [7, 11) is 0. The molecule has 0 N–H and O–H groups in total. The van der Waals surface area contributed by atoms with E-state index >= 15 is 0 Å². The summed E-state index contributed by atoms with van der Waals surface area (Å²) >= 11 is 0. The fraction of sp³-hybridized carbons (Fsp3) is 0.520. The molecule has 3 heterocycles. The van der Waals surface area contributed by atoms with Crippen molar-refractivity contribution in [2.75, 3.05) is 44.2 Å². The number of aromatic nitrogens is 1. The molecule has 1 aromatic carbocycles. The van der Waals surface area contributed by atoms with Gasteiger partial charge in [0.05, 0.1) is 12.6 Å². The largest absolute Gasteiger partial charge is 0.376 e. The third-order valence-electron chi connectivity index (χ3n) is 6.66. The molecule has 2 aromatic rings. The molecule has 0 spiro atoms. The van der Waals surface area contributed by atoms with Gasteiger partial charge in [0, 0.05) is 67.5 Å². The zero-order chi connectivity index (χ0) is 22.0. The highest BCUT2D eigenvalue weighted by molar-refractivity contribution is 5.99. The maximum Gasteiger partial charge on any atom is 0.178 e. The minimum atomic E-state index is 0.0880. The predicted octanol–water partition coefficient (Wildman–Crippen LogP) is 3.49. The number of benzene rings is 1. The maximum absolute atomic E-state index is 13.1. The predicted molar refractivity (Wildman–Crippen MR) is 122 cm³/mol. The van der Waals surface area contributed by atoms with Gasteiger partial charge in [-0.3, -0.25) is 14.5 Å². The van der Waals surface area contributed by atoms with Crippen molar-refractivity contribution in [1.82, 2.24) is 9.47 Å². The van der Waals surface area contributed by atoms with Gasteiger partial charge in [0.1, 0.15) is 0 Å². The minimum Gasteiger partial charge on any atom is -0.376 e. The molecule has 31 heavy (non-hydrogen) atoms. The molecule has 2 aliphatic rings. The topological polar surface area (TPSA) is 54.8 Å². The first kappa shape index (κ1) is 21.8. The first-order chi connectivity index (χ1) is 14.9. The third-order valence-corrected chi connectivity index (χ3v) is 6.66. The Balaban J connectivity index is 1.33. The minimum absolute atomic E-state index is 0.0880. The number of hydrogen-bond acceptors (Lipinski definition) is 5. The molecule has 0 aliphatic carbocycles. The monoisotopic (exact) mass is 423 g/mol. The Labute approximate surface area is 184 Å². The van der Waals surface area contributed by atoms with Crippen LogP contribution >= 0.6 is 0 Å². The van der Waals surface area contributed by atoms with E-state index in [9.17, 15) is 9.59 Å². The fourth-order valence-corrected chi connectivity index (χ4v) is 4.72. The van der Waals surface area contributed by atoms with E-state index in [1.807, 2.05) is 30.3 Å². The standard InChI is InChI=1S/C25H33N3O3/c1-18-15-24(19(2)28(18)16-23-5-4-14-31-23)25(30)17-26-10-12-27(13-11-26)22-8-6-21(7-9-22)20(3)29/h6-9,15,23H,4-5,10-14,16-17H2,1-3H3/t23-/m0/s1. The van der Waals surface area contributed by atoms with Crippen molar-refractivity contribution >= 4 is 17.3 Å². The second kappa shape index (κ2) is 9.37. The average Bonchev–Trinajstić information content (AvgIpc) is 3.38. The van der Waals surface area contributed by atoms with Gasteiger partial charge in [-0.15, -0.1) is 0 Å². The summed E-state index contributed by atoms with van der Waals surface area (Å²) in [5.74, 6) is 0.288. The lowest BCUT2D eigenvalue weighted by atomic mass is 10.1. The van der Waals surface area contributed by atoms with Crippen LogP contribution in [0, 0.1) is 13.8 Å². The SMILES string of the molecule is CC(=O)c1ccc(N2CCN(CC(=O)c3cc(C)n(C[C@@H]4CCCO4)c3C)CC2)cc1. The van der Waals surface area contributed by atoms with Crippen LogP contribution in [0.3, 0.4) is 0 Å². The summed E-state index contributed by atoms with van der Waals surface area (Å²) in [5, 5.41) is 0. The highest BCUT2D eigenvalue weighted by atomic mass is 16.5. The van der Waals surface area contributed by atoms with Gasteiger partial charge in [0.25, 0.3) is 0 Å². The molecule has 2 saturated heterocycles. The Morgan fingerprint density at radius 2 is 1.77 bits per heavy atom. The Kier molecular flexibility index (Phi) is 6.58. The van der Waals surface area contributed by atoms with E-state index in [0.717, 1.165) is 80.4 Å². The van der Waals surface area contributed by atoms with E-state index in [1.54, 1.807) is 6.92 Å². The Hall–Kier alpha value is -2.44. The van der Waals surface area contributed by atoms with Gasteiger partial charge in [-0.25, -0.2) is 0 Å². The zero-order valence-corrected chi connectivity index (χ0v) is 18.9. The van der Waals surface area contributed by atoms with E-state index in [0.29, 0.717) is 6.54 Å². The number of piperazine rings is 1.